The Morgan fingerprint density at radius 3 is 2.72 bits per heavy atom. The van der Waals surface area contributed by atoms with Gasteiger partial charge in [0, 0.05) is 4.47 Å². The molecule has 3 nitrogen and oxygen atoms in total. The average molecular weight is 323 g/mol. The fraction of sp³-hybridized carbons (Fsp3) is 0. The van der Waals surface area contributed by atoms with Gasteiger partial charge in [0.05, 0.1) is 21.7 Å². The van der Waals surface area contributed by atoms with Gasteiger partial charge in [0.25, 0.3) is 0 Å². The molecule has 0 saturated carbocycles. The zero-order valence-electron chi connectivity index (χ0n) is 9.27. The lowest BCUT2D eigenvalue weighted by Gasteiger charge is -2.07. The summed E-state index contributed by atoms with van der Waals surface area (Å²) in [6, 6.07) is 13.4. The topological polar surface area (TPSA) is 43.8 Å². The Balaban J connectivity index is 2.38. The smallest absolute Gasteiger partial charge is 0.205 e. The van der Waals surface area contributed by atoms with E-state index in [0.717, 1.165) is 21.2 Å². The number of hydrogen-bond acceptors (Lipinski definition) is 2. The number of aromatic nitrogens is 2. The Kier molecular flexibility index (Phi) is 2.76. The molecule has 0 aliphatic rings. The van der Waals surface area contributed by atoms with Crippen LogP contribution in [-0.2, 0) is 0 Å². The van der Waals surface area contributed by atoms with Crippen molar-refractivity contribution in [2.45, 2.75) is 0 Å². The summed E-state index contributed by atoms with van der Waals surface area (Å²) in [5.74, 6) is 0.427. The minimum Gasteiger partial charge on any atom is -0.369 e. The van der Waals surface area contributed by atoms with Crippen molar-refractivity contribution in [1.29, 1.82) is 0 Å². The summed E-state index contributed by atoms with van der Waals surface area (Å²) < 4.78 is 2.83. The predicted octanol–water partition coefficient (Wildman–Crippen LogP) is 4.02. The average Bonchev–Trinajstić information content (AvgIpc) is 2.67. The molecule has 0 fully saturated rings. The first-order valence-corrected chi connectivity index (χ1v) is 6.52. The Labute approximate surface area is 117 Å². The largest absolute Gasteiger partial charge is 0.369 e. The van der Waals surface area contributed by atoms with Gasteiger partial charge < -0.3 is 5.73 Å². The van der Waals surface area contributed by atoms with Crippen LogP contribution in [0.25, 0.3) is 16.7 Å². The zero-order chi connectivity index (χ0) is 12.7. The molecule has 0 saturated heterocycles. The van der Waals surface area contributed by atoms with E-state index in [2.05, 4.69) is 20.9 Å². The van der Waals surface area contributed by atoms with E-state index in [0.29, 0.717) is 11.0 Å². The number of hydrogen-bond donors (Lipinski definition) is 1. The monoisotopic (exact) mass is 321 g/mol. The Morgan fingerprint density at radius 2 is 1.94 bits per heavy atom. The van der Waals surface area contributed by atoms with Crippen molar-refractivity contribution in [3.8, 4) is 5.69 Å². The SMILES string of the molecule is Nc1nc2cccc(Cl)c2n1-c1cccc(Br)c1. The van der Waals surface area contributed by atoms with E-state index in [4.69, 9.17) is 17.3 Å². The zero-order valence-corrected chi connectivity index (χ0v) is 11.6. The lowest BCUT2D eigenvalue weighted by Crippen LogP contribution is -2.00. The van der Waals surface area contributed by atoms with Crippen LogP contribution in [0.2, 0.25) is 5.02 Å². The van der Waals surface area contributed by atoms with Crippen molar-refractivity contribution >= 4 is 44.5 Å². The van der Waals surface area contributed by atoms with Gasteiger partial charge in [-0.2, -0.15) is 0 Å². The number of nitrogens with zero attached hydrogens (tertiary/aromatic N) is 2. The highest BCUT2D eigenvalue weighted by Crippen LogP contribution is 2.29. The number of nitrogen functional groups attached to an aromatic ring is 1. The van der Waals surface area contributed by atoms with Crippen molar-refractivity contribution in [2.75, 3.05) is 5.73 Å². The number of anilines is 1. The summed E-state index contributed by atoms with van der Waals surface area (Å²) in [6.45, 7) is 0. The van der Waals surface area contributed by atoms with Crippen LogP contribution >= 0.6 is 27.5 Å². The summed E-state index contributed by atoms with van der Waals surface area (Å²) in [7, 11) is 0. The Morgan fingerprint density at radius 1 is 1.17 bits per heavy atom. The van der Waals surface area contributed by atoms with Gasteiger partial charge in [-0.15, -0.1) is 0 Å². The third-order valence-corrected chi connectivity index (χ3v) is 3.52. The number of benzene rings is 2. The number of halogens is 2. The fourth-order valence-corrected chi connectivity index (χ4v) is 2.62. The summed E-state index contributed by atoms with van der Waals surface area (Å²) in [5, 5.41) is 0.636. The van der Waals surface area contributed by atoms with Crippen LogP contribution < -0.4 is 5.73 Å². The molecule has 2 aromatic carbocycles. The van der Waals surface area contributed by atoms with Gasteiger partial charge in [0.15, 0.2) is 0 Å². The number of fused-ring (bicyclic) bond motifs is 1. The molecule has 0 aliphatic heterocycles. The van der Waals surface area contributed by atoms with Crippen LogP contribution in [0.5, 0.6) is 0 Å². The van der Waals surface area contributed by atoms with E-state index >= 15 is 0 Å². The fourth-order valence-electron chi connectivity index (χ4n) is 1.98. The van der Waals surface area contributed by atoms with E-state index in [1.54, 1.807) is 0 Å². The standard InChI is InChI=1S/C13H9BrClN3/c14-8-3-1-4-9(7-8)18-12-10(15)5-2-6-11(12)17-13(18)16/h1-7H,(H2,16,17). The van der Waals surface area contributed by atoms with Gasteiger partial charge >= 0.3 is 0 Å². The maximum absolute atomic E-state index is 6.24. The molecule has 0 aliphatic carbocycles. The van der Waals surface area contributed by atoms with Gasteiger partial charge in [-0.25, -0.2) is 4.98 Å². The highest BCUT2D eigenvalue weighted by atomic mass is 79.9. The third-order valence-electron chi connectivity index (χ3n) is 2.72. The first-order valence-electron chi connectivity index (χ1n) is 5.35. The quantitative estimate of drug-likeness (QED) is 0.735. The van der Waals surface area contributed by atoms with Crippen LogP contribution in [0, 0.1) is 0 Å². The highest BCUT2D eigenvalue weighted by Gasteiger charge is 2.12. The van der Waals surface area contributed by atoms with Crippen LogP contribution in [0.15, 0.2) is 46.9 Å². The molecule has 0 amide bonds. The predicted molar refractivity (Wildman–Crippen MR) is 78.2 cm³/mol. The molecule has 3 aromatic rings. The van der Waals surface area contributed by atoms with E-state index < -0.39 is 0 Å². The maximum Gasteiger partial charge on any atom is 0.205 e. The number of nitrogens with two attached hydrogens (primary N) is 1. The molecule has 0 bridgehead atoms. The molecule has 0 spiro atoms. The maximum atomic E-state index is 6.24. The second-order valence-electron chi connectivity index (χ2n) is 3.89. The molecule has 0 radical (unpaired) electrons. The summed E-state index contributed by atoms with van der Waals surface area (Å²) >= 11 is 9.68. The summed E-state index contributed by atoms with van der Waals surface area (Å²) in [5.41, 5.74) is 8.53. The highest BCUT2D eigenvalue weighted by molar-refractivity contribution is 9.10. The molecule has 0 unspecified atom stereocenters. The molecule has 3 rings (SSSR count). The Bertz CT molecular complexity index is 736. The van der Waals surface area contributed by atoms with E-state index in [1.165, 1.54) is 0 Å². The molecule has 18 heavy (non-hydrogen) atoms. The molecule has 5 heteroatoms. The Hall–Kier alpha value is -1.52. The first kappa shape index (κ1) is 11.6. The van der Waals surface area contributed by atoms with Gasteiger partial charge in [0.2, 0.25) is 5.95 Å². The molecule has 1 aromatic heterocycles. The van der Waals surface area contributed by atoms with E-state index in [-0.39, 0.29) is 0 Å². The third kappa shape index (κ3) is 1.78. The lowest BCUT2D eigenvalue weighted by atomic mass is 10.3. The van der Waals surface area contributed by atoms with Gasteiger partial charge in [-0.05, 0) is 30.3 Å². The molecular weight excluding hydrogens is 314 g/mol. The van der Waals surface area contributed by atoms with Gasteiger partial charge in [-0.1, -0.05) is 39.7 Å². The number of rotatable bonds is 1. The molecular formula is C13H9BrClN3. The molecule has 1 heterocycles. The van der Waals surface area contributed by atoms with E-state index in [1.807, 2.05) is 47.0 Å². The normalized spacial score (nSPS) is 11.0. The summed E-state index contributed by atoms with van der Waals surface area (Å²) in [4.78, 5) is 4.32. The van der Waals surface area contributed by atoms with Crippen molar-refractivity contribution in [3.05, 3.63) is 52.0 Å². The molecule has 0 atom stereocenters. The minimum absolute atomic E-state index is 0.427. The summed E-state index contributed by atoms with van der Waals surface area (Å²) in [6.07, 6.45) is 0. The lowest BCUT2D eigenvalue weighted by molar-refractivity contribution is 1.11. The molecule has 90 valence electrons. The van der Waals surface area contributed by atoms with Gasteiger partial charge in [0.1, 0.15) is 0 Å². The van der Waals surface area contributed by atoms with Crippen molar-refractivity contribution in [1.82, 2.24) is 9.55 Å². The van der Waals surface area contributed by atoms with Crippen molar-refractivity contribution in [2.24, 2.45) is 0 Å². The van der Waals surface area contributed by atoms with Crippen molar-refractivity contribution < 1.29 is 0 Å². The minimum atomic E-state index is 0.427. The first-order chi connectivity index (χ1) is 8.66. The van der Waals surface area contributed by atoms with Crippen LogP contribution in [0.1, 0.15) is 0 Å². The van der Waals surface area contributed by atoms with Crippen LogP contribution in [-0.4, -0.2) is 9.55 Å². The van der Waals surface area contributed by atoms with Crippen molar-refractivity contribution in [3.63, 3.8) is 0 Å². The molecule has 2 N–H and O–H groups in total. The second-order valence-corrected chi connectivity index (χ2v) is 5.22. The van der Waals surface area contributed by atoms with E-state index in [9.17, 15) is 0 Å². The van der Waals surface area contributed by atoms with Gasteiger partial charge in [-0.3, -0.25) is 4.57 Å². The number of para-hydroxylation sites is 1. The van der Waals surface area contributed by atoms with Crippen LogP contribution in [0.3, 0.4) is 0 Å². The number of imidazole rings is 1. The van der Waals surface area contributed by atoms with Crippen LogP contribution in [0.4, 0.5) is 5.95 Å². The second kappa shape index (κ2) is 4.30.